The van der Waals surface area contributed by atoms with Gasteiger partial charge >= 0.3 is 0 Å². The molecule has 1 heterocycles. The Hall–Kier alpha value is -3.42. The summed E-state index contributed by atoms with van der Waals surface area (Å²) in [5.74, 6) is -0.0187. The summed E-state index contributed by atoms with van der Waals surface area (Å²) in [6, 6.07) is 21.9. The molecule has 0 unspecified atom stereocenters. The summed E-state index contributed by atoms with van der Waals surface area (Å²) in [6.45, 7) is 0. The molecular formula is C21H14ClN5OS. The van der Waals surface area contributed by atoms with E-state index in [0.29, 0.717) is 27.1 Å². The Morgan fingerprint density at radius 3 is 2.55 bits per heavy atom. The second-order valence-electron chi connectivity index (χ2n) is 5.91. The number of aliphatic imine (C=N–C) groups is 1. The fraction of sp³-hybridized carbons (Fsp3) is 0. The van der Waals surface area contributed by atoms with Crippen molar-refractivity contribution >= 4 is 45.7 Å². The van der Waals surface area contributed by atoms with Gasteiger partial charge in [-0.1, -0.05) is 65.4 Å². The second kappa shape index (κ2) is 8.72. The highest BCUT2D eigenvalue weighted by atomic mass is 35.5. The van der Waals surface area contributed by atoms with Gasteiger partial charge in [-0.2, -0.15) is 5.11 Å². The molecule has 0 fully saturated rings. The third-order valence-corrected chi connectivity index (χ3v) is 4.99. The normalized spacial score (nSPS) is 11.5. The maximum Gasteiger partial charge on any atom is 0.231 e. The van der Waals surface area contributed by atoms with Gasteiger partial charge in [-0.05, 0) is 30.3 Å². The van der Waals surface area contributed by atoms with Crippen LogP contribution in [0.5, 0.6) is 5.75 Å². The van der Waals surface area contributed by atoms with Crippen molar-refractivity contribution in [1.82, 2.24) is 10.2 Å². The van der Waals surface area contributed by atoms with E-state index in [9.17, 15) is 5.11 Å². The molecule has 0 saturated carbocycles. The number of azo groups is 1. The van der Waals surface area contributed by atoms with Gasteiger partial charge in [0.25, 0.3) is 0 Å². The van der Waals surface area contributed by atoms with Gasteiger partial charge in [0.05, 0.1) is 5.69 Å². The first-order chi connectivity index (χ1) is 14.2. The average Bonchev–Trinajstić information content (AvgIpc) is 3.22. The number of phenolic OH excluding ortho intramolecular Hbond substituents is 1. The fourth-order valence-electron chi connectivity index (χ4n) is 2.47. The van der Waals surface area contributed by atoms with Crippen molar-refractivity contribution in [2.45, 2.75) is 0 Å². The quantitative estimate of drug-likeness (QED) is 0.287. The number of rotatable bonds is 5. The molecule has 0 radical (unpaired) electrons. The SMILES string of the molecule is Oc1c(/C=N/c2nnc(-c3ccccc3)s2)cccc1N=Nc1cccc(Cl)c1. The van der Waals surface area contributed by atoms with Crippen LogP contribution in [0.25, 0.3) is 10.6 Å². The summed E-state index contributed by atoms with van der Waals surface area (Å²) in [5, 5.41) is 28.8. The van der Waals surface area contributed by atoms with Crippen molar-refractivity contribution < 1.29 is 5.11 Å². The molecule has 0 bridgehead atoms. The lowest BCUT2D eigenvalue weighted by atomic mass is 10.2. The Morgan fingerprint density at radius 2 is 1.72 bits per heavy atom. The molecule has 0 saturated heterocycles. The predicted octanol–water partition coefficient (Wildman–Crippen LogP) is 6.73. The Bertz CT molecular complexity index is 1190. The molecule has 8 heteroatoms. The van der Waals surface area contributed by atoms with E-state index in [1.54, 1.807) is 42.5 Å². The summed E-state index contributed by atoms with van der Waals surface area (Å²) in [7, 11) is 0. The molecule has 29 heavy (non-hydrogen) atoms. The second-order valence-corrected chi connectivity index (χ2v) is 7.30. The summed E-state index contributed by atoms with van der Waals surface area (Å²) >= 11 is 7.31. The first-order valence-corrected chi connectivity index (χ1v) is 9.81. The number of nitrogens with zero attached hydrogens (tertiary/aromatic N) is 5. The monoisotopic (exact) mass is 419 g/mol. The number of para-hydroxylation sites is 1. The third-order valence-electron chi connectivity index (χ3n) is 3.88. The lowest BCUT2D eigenvalue weighted by Crippen LogP contribution is -1.82. The molecule has 0 aliphatic rings. The van der Waals surface area contributed by atoms with Gasteiger partial charge in [0.15, 0.2) is 5.75 Å². The van der Waals surface area contributed by atoms with Crippen molar-refractivity contribution in [3.05, 3.63) is 83.4 Å². The predicted molar refractivity (Wildman–Crippen MR) is 116 cm³/mol. The van der Waals surface area contributed by atoms with E-state index in [2.05, 4.69) is 25.4 Å². The molecule has 0 spiro atoms. The van der Waals surface area contributed by atoms with E-state index in [-0.39, 0.29) is 5.75 Å². The highest BCUT2D eigenvalue weighted by Crippen LogP contribution is 2.32. The zero-order chi connectivity index (χ0) is 20.1. The Balaban J connectivity index is 1.54. The van der Waals surface area contributed by atoms with Crippen LogP contribution in [0.1, 0.15) is 5.56 Å². The van der Waals surface area contributed by atoms with Gasteiger partial charge < -0.3 is 5.11 Å². The van der Waals surface area contributed by atoms with Gasteiger partial charge in [-0.3, -0.25) is 0 Å². The topological polar surface area (TPSA) is 83.1 Å². The van der Waals surface area contributed by atoms with E-state index >= 15 is 0 Å². The zero-order valence-electron chi connectivity index (χ0n) is 15.0. The summed E-state index contributed by atoms with van der Waals surface area (Å²) in [5.41, 5.74) is 2.41. The Morgan fingerprint density at radius 1 is 0.897 bits per heavy atom. The maximum absolute atomic E-state index is 10.5. The van der Waals surface area contributed by atoms with Crippen molar-refractivity contribution in [3.8, 4) is 16.3 Å². The van der Waals surface area contributed by atoms with E-state index in [4.69, 9.17) is 11.6 Å². The van der Waals surface area contributed by atoms with Gasteiger partial charge in [0, 0.05) is 22.4 Å². The minimum absolute atomic E-state index is 0.0187. The van der Waals surface area contributed by atoms with Crippen LogP contribution in [0.4, 0.5) is 16.5 Å². The number of hydrogen-bond acceptors (Lipinski definition) is 7. The molecule has 142 valence electrons. The van der Waals surface area contributed by atoms with Crippen LogP contribution < -0.4 is 0 Å². The van der Waals surface area contributed by atoms with Crippen LogP contribution in [0.2, 0.25) is 5.02 Å². The molecule has 0 amide bonds. The van der Waals surface area contributed by atoms with Gasteiger partial charge in [0.1, 0.15) is 10.7 Å². The summed E-state index contributed by atoms with van der Waals surface area (Å²) in [4.78, 5) is 4.32. The fourth-order valence-corrected chi connectivity index (χ4v) is 3.35. The van der Waals surface area contributed by atoms with Crippen LogP contribution in [-0.4, -0.2) is 21.5 Å². The molecule has 3 aromatic carbocycles. The van der Waals surface area contributed by atoms with Crippen molar-refractivity contribution in [2.24, 2.45) is 15.2 Å². The lowest BCUT2D eigenvalue weighted by molar-refractivity contribution is 0.475. The lowest BCUT2D eigenvalue weighted by Gasteiger charge is -2.01. The molecule has 0 aliphatic heterocycles. The highest BCUT2D eigenvalue weighted by molar-refractivity contribution is 7.18. The van der Waals surface area contributed by atoms with Crippen LogP contribution in [0.3, 0.4) is 0 Å². The first-order valence-electron chi connectivity index (χ1n) is 8.61. The molecule has 4 rings (SSSR count). The molecule has 0 atom stereocenters. The van der Waals surface area contributed by atoms with Gasteiger partial charge in [-0.25, -0.2) is 4.99 Å². The standard InChI is InChI=1S/C21H14ClN5OS/c22-16-9-5-10-17(12-16)24-25-18-11-4-8-15(19(18)28)13-23-21-27-26-20(29-21)14-6-2-1-3-7-14/h1-13,28H/b23-13+,25-24?. The molecule has 6 nitrogen and oxygen atoms in total. The van der Waals surface area contributed by atoms with E-state index in [1.165, 1.54) is 17.6 Å². The molecule has 1 aromatic heterocycles. The van der Waals surface area contributed by atoms with Crippen LogP contribution in [0.15, 0.2) is 88.0 Å². The first kappa shape index (κ1) is 18.9. The van der Waals surface area contributed by atoms with Crippen LogP contribution in [-0.2, 0) is 0 Å². The minimum atomic E-state index is -0.0187. The molecule has 1 N–H and O–H groups in total. The number of benzene rings is 3. The zero-order valence-corrected chi connectivity index (χ0v) is 16.5. The van der Waals surface area contributed by atoms with Crippen molar-refractivity contribution in [3.63, 3.8) is 0 Å². The highest BCUT2D eigenvalue weighted by Gasteiger charge is 2.07. The van der Waals surface area contributed by atoms with Crippen LogP contribution in [0, 0.1) is 0 Å². The Labute approximate surface area is 175 Å². The largest absolute Gasteiger partial charge is 0.505 e. The van der Waals surface area contributed by atoms with Crippen molar-refractivity contribution in [1.29, 1.82) is 0 Å². The summed E-state index contributed by atoms with van der Waals surface area (Å²) in [6.07, 6.45) is 1.53. The molecular weight excluding hydrogens is 406 g/mol. The van der Waals surface area contributed by atoms with E-state index in [1.807, 2.05) is 30.3 Å². The number of halogens is 1. The molecule has 4 aromatic rings. The number of aromatic nitrogens is 2. The van der Waals surface area contributed by atoms with Crippen molar-refractivity contribution in [2.75, 3.05) is 0 Å². The maximum atomic E-state index is 10.5. The Kier molecular flexibility index (Phi) is 5.69. The minimum Gasteiger partial charge on any atom is -0.505 e. The van der Waals surface area contributed by atoms with Gasteiger partial charge in [0.2, 0.25) is 5.13 Å². The third kappa shape index (κ3) is 4.71. The van der Waals surface area contributed by atoms with E-state index in [0.717, 1.165) is 10.6 Å². The van der Waals surface area contributed by atoms with Gasteiger partial charge in [-0.15, -0.1) is 15.3 Å². The smallest absolute Gasteiger partial charge is 0.231 e. The molecule has 0 aliphatic carbocycles. The summed E-state index contributed by atoms with van der Waals surface area (Å²) < 4.78 is 0. The number of hydrogen-bond donors (Lipinski definition) is 1. The van der Waals surface area contributed by atoms with E-state index < -0.39 is 0 Å². The van der Waals surface area contributed by atoms with Crippen LogP contribution >= 0.6 is 22.9 Å². The average molecular weight is 420 g/mol. The number of phenols is 1. The number of aromatic hydroxyl groups is 1.